The lowest BCUT2D eigenvalue weighted by Gasteiger charge is -2.14. The molecule has 1 aliphatic heterocycles. The van der Waals surface area contributed by atoms with Gasteiger partial charge >= 0.3 is 11.8 Å². The lowest BCUT2D eigenvalue weighted by atomic mass is 9.93. The quantitative estimate of drug-likeness (QED) is 0.133. The number of imidazole rings is 1. The van der Waals surface area contributed by atoms with Gasteiger partial charge in [-0.15, -0.1) is 5.11 Å². The number of hydrogen-bond acceptors (Lipinski definition) is 9. The third kappa shape index (κ3) is 6.51. The molecule has 0 bridgehead atoms. The highest BCUT2D eigenvalue weighted by Gasteiger charge is 2.25. The number of aliphatic imine (C=N–C) groups is 1. The molecule has 1 aliphatic rings. The van der Waals surface area contributed by atoms with E-state index in [-0.39, 0.29) is 18.1 Å². The van der Waals surface area contributed by atoms with Gasteiger partial charge in [0.05, 0.1) is 5.69 Å². The Kier molecular flexibility index (Phi) is 9.14. The highest BCUT2D eigenvalue weighted by molar-refractivity contribution is 6.06. The summed E-state index contributed by atoms with van der Waals surface area (Å²) in [6.07, 6.45) is 3.24. The lowest BCUT2D eigenvalue weighted by molar-refractivity contribution is 0.0429. The Labute approximate surface area is 266 Å². The van der Waals surface area contributed by atoms with Crippen molar-refractivity contribution in [2.24, 2.45) is 15.2 Å². The summed E-state index contributed by atoms with van der Waals surface area (Å²) < 4.78 is 17.5. The average Bonchev–Trinajstić information content (AvgIpc) is 3.82. The number of azo groups is 1. The van der Waals surface area contributed by atoms with Crippen molar-refractivity contribution in [1.29, 1.82) is 0 Å². The maximum Gasteiger partial charge on any atom is 0.519 e. The molecule has 46 heavy (non-hydrogen) atoms. The standard InChI is InChI=1S/C36H35N5O5/c1-4-6-12-32-39-30(5-2)33(35(42)44-21-31-23(3)45-36(43)46-31)41(32)20-24-13-15-26(16-14-24)29-19-27(25-10-8-7-9-11-25)17-18-28(29)34-37-22-38-40-34/h7-11,13-19H,4-6,12,20-22H2,1-3H3. The molecule has 10 heteroatoms. The minimum atomic E-state index is -0.826. The SMILES string of the molecule is CCCCc1nc(CC)c(C(=O)OCc2oc(=O)oc2C)n1Cc1ccc(-c2cc(-c3ccccc3)ccc2C2=NCN=N2)cc1. The van der Waals surface area contributed by atoms with Crippen LogP contribution in [0.2, 0.25) is 0 Å². The first-order valence-electron chi connectivity index (χ1n) is 15.5. The molecule has 0 fully saturated rings. The second-order valence-corrected chi connectivity index (χ2v) is 11.1. The largest absolute Gasteiger partial charge is 0.519 e. The number of aryl methyl sites for hydroxylation is 3. The van der Waals surface area contributed by atoms with Gasteiger partial charge in [-0.2, -0.15) is 5.11 Å². The number of ether oxygens (including phenoxy) is 1. The second kappa shape index (κ2) is 13.7. The van der Waals surface area contributed by atoms with Gasteiger partial charge in [0, 0.05) is 18.5 Å². The van der Waals surface area contributed by atoms with Crippen LogP contribution in [0.4, 0.5) is 0 Å². The molecule has 0 spiro atoms. The monoisotopic (exact) mass is 617 g/mol. The maximum absolute atomic E-state index is 13.5. The Balaban J connectivity index is 1.32. The first-order valence-corrected chi connectivity index (χ1v) is 15.5. The Bertz CT molecular complexity index is 1970. The van der Waals surface area contributed by atoms with E-state index in [2.05, 4.69) is 76.7 Å². The molecule has 0 saturated heterocycles. The summed E-state index contributed by atoms with van der Waals surface area (Å²) in [5, 5.41) is 8.34. The number of amidine groups is 1. The van der Waals surface area contributed by atoms with Gasteiger partial charge in [-0.1, -0.05) is 80.9 Å². The van der Waals surface area contributed by atoms with Gasteiger partial charge in [0.25, 0.3) is 0 Å². The van der Waals surface area contributed by atoms with E-state index in [0.717, 1.165) is 58.5 Å². The van der Waals surface area contributed by atoms with Crippen LogP contribution in [0, 0.1) is 6.92 Å². The highest BCUT2D eigenvalue weighted by Crippen LogP contribution is 2.32. The summed E-state index contributed by atoms with van der Waals surface area (Å²) in [7, 11) is 0. The maximum atomic E-state index is 13.5. The van der Waals surface area contributed by atoms with Gasteiger partial charge < -0.3 is 18.1 Å². The number of hydrogen-bond donors (Lipinski definition) is 0. The molecular weight excluding hydrogens is 582 g/mol. The molecule has 10 nitrogen and oxygen atoms in total. The topological polar surface area (TPSA) is 125 Å². The van der Waals surface area contributed by atoms with E-state index in [4.69, 9.17) is 18.6 Å². The van der Waals surface area contributed by atoms with Gasteiger partial charge in [-0.05, 0) is 59.7 Å². The zero-order chi connectivity index (χ0) is 32.0. The van der Waals surface area contributed by atoms with E-state index >= 15 is 0 Å². The van der Waals surface area contributed by atoms with Crippen molar-refractivity contribution in [2.45, 2.75) is 59.6 Å². The van der Waals surface area contributed by atoms with Crippen LogP contribution in [0.15, 0.2) is 102 Å². The van der Waals surface area contributed by atoms with Crippen molar-refractivity contribution >= 4 is 11.8 Å². The fourth-order valence-corrected chi connectivity index (χ4v) is 5.56. The Morgan fingerprint density at radius 1 is 0.935 bits per heavy atom. The molecule has 0 aliphatic carbocycles. The predicted molar refractivity (Wildman–Crippen MR) is 174 cm³/mol. The molecule has 0 unspecified atom stereocenters. The molecule has 0 radical (unpaired) electrons. The van der Waals surface area contributed by atoms with Crippen LogP contribution in [0.25, 0.3) is 22.3 Å². The summed E-state index contributed by atoms with van der Waals surface area (Å²) in [5.74, 6) is 0.575. The number of carbonyl (C=O) groups excluding carboxylic acids is 1. The zero-order valence-corrected chi connectivity index (χ0v) is 26.2. The van der Waals surface area contributed by atoms with Crippen molar-refractivity contribution in [2.75, 3.05) is 6.67 Å². The van der Waals surface area contributed by atoms with E-state index in [0.29, 0.717) is 36.9 Å². The van der Waals surface area contributed by atoms with Crippen LogP contribution in [0.1, 0.15) is 71.3 Å². The van der Waals surface area contributed by atoms with Gasteiger partial charge in [-0.25, -0.2) is 19.6 Å². The Hall–Kier alpha value is -5.38. The predicted octanol–water partition coefficient (Wildman–Crippen LogP) is 7.55. The van der Waals surface area contributed by atoms with Gasteiger partial charge in [0.2, 0.25) is 0 Å². The molecule has 0 saturated carbocycles. The van der Waals surface area contributed by atoms with Crippen LogP contribution in [-0.2, 0) is 30.7 Å². The Morgan fingerprint density at radius 2 is 1.72 bits per heavy atom. The molecule has 3 heterocycles. The molecule has 2 aromatic heterocycles. The molecule has 0 amide bonds. The van der Waals surface area contributed by atoms with E-state index in [1.807, 2.05) is 29.7 Å². The van der Waals surface area contributed by atoms with Crippen molar-refractivity contribution in [3.63, 3.8) is 0 Å². The van der Waals surface area contributed by atoms with E-state index in [9.17, 15) is 9.59 Å². The van der Waals surface area contributed by atoms with Crippen molar-refractivity contribution in [3.05, 3.63) is 123 Å². The summed E-state index contributed by atoms with van der Waals surface area (Å²) in [6, 6.07) is 24.9. The molecular formula is C36H35N5O5. The number of carbonyl (C=O) groups is 1. The average molecular weight is 618 g/mol. The number of rotatable bonds is 12. The molecule has 234 valence electrons. The number of esters is 1. The van der Waals surface area contributed by atoms with Crippen LogP contribution in [-0.4, -0.2) is 28.0 Å². The third-order valence-electron chi connectivity index (χ3n) is 7.99. The number of unbranched alkanes of at least 4 members (excludes halogenated alkanes) is 1. The second-order valence-electron chi connectivity index (χ2n) is 11.1. The molecule has 5 aromatic rings. The molecule has 3 aromatic carbocycles. The normalized spacial score (nSPS) is 12.5. The Morgan fingerprint density at radius 3 is 2.39 bits per heavy atom. The first-order chi connectivity index (χ1) is 22.4. The summed E-state index contributed by atoms with van der Waals surface area (Å²) in [4.78, 5) is 34.3. The fourth-order valence-electron chi connectivity index (χ4n) is 5.56. The smallest absolute Gasteiger partial charge is 0.453 e. The minimum Gasteiger partial charge on any atom is -0.453 e. The summed E-state index contributed by atoms with van der Waals surface area (Å²) >= 11 is 0. The van der Waals surface area contributed by atoms with E-state index < -0.39 is 11.8 Å². The highest BCUT2D eigenvalue weighted by atomic mass is 16.6. The number of benzene rings is 3. The number of nitrogens with zero attached hydrogens (tertiary/aromatic N) is 5. The van der Waals surface area contributed by atoms with Crippen molar-refractivity contribution < 1.29 is 18.4 Å². The molecule has 6 rings (SSSR count). The number of aromatic nitrogens is 2. The zero-order valence-electron chi connectivity index (χ0n) is 26.2. The lowest BCUT2D eigenvalue weighted by Crippen LogP contribution is -2.16. The van der Waals surface area contributed by atoms with Gasteiger partial charge in [-0.3, -0.25) is 0 Å². The van der Waals surface area contributed by atoms with Crippen LogP contribution in [0.3, 0.4) is 0 Å². The van der Waals surface area contributed by atoms with Crippen LogP contribution < -0.4 is 5.82 Å². The fraction of sp³-hybridized carbons (Fsp3) is 0.278. The van der Waals surface area contributed by atoms with Gasteiger partial charge in [0.15, 0.2) is 36.3 Å². The molecule has 0 N–H and O–H groups in total. The summed E-state index contributed by atoms with van der Waals surface area (Å²) in [5.41, 5.74) is 7.26. The van der Waals surface area contributed by atoms with Crippen LogP contribution >= 0.6 is 0 Å². The van der Waals surface area contributed by atoms with Crippen molar-refractivity contribution in [1.82, 2.24) is 9.55 Å². The van der Waals surface area contributed by atoms with Gasteiger partial charge in [0.1, 0.15) is 5.82 Å². The van der Waals surface area contributed by atoms with Crippen LogP contribution in [0.5, 0.6) is 0 Å². The summed E-state index contributed by atoms with van der Waals surface area (Å²) in [6.45, 7) is 6.25. The molecule has 0 atom stereocenters. The minimum absolute atomic E-state index is 0.185. The van der Waals surface area contributed by atoms with E-state index in [1.54, 1.807) is 6.92 Å². The first kappa shape index (κ1) is 30.6. The van der Waals surface area contributed by atoms with E-state index in [1.165, 1.54) is 0 Å². The van der Waals surface area contributed by atoms with Crippen molar-refractivity contribution in [3.8, 4) is 22.3 Å². The third-order valence-corrected chi connectivity index (χ3v) is 7.99.